The van der Waals surface area contributed by atoms with E-state index in [0.29, 0.717) is 13.0 Å². The molecule has 1 aliphatic heterocycles. The summed E-state index contributed by atoms with van der Waals surface area (Å²) >= 11 is 0. The number of carboxylic acid groups (broad SMARTS) is 1. The maximum absolute atomic E-state index is 14.0. The van der Waals surface area contributed by atoms with Gasteiger partial charge < -0.3 is 14.7 Å². The van der Waals surface area contributed by atoms with Crippen LogP contribution in [0.25, 0.3) is 0 Å². The summed E-state index contributed by atoms with van der Waals surface area (Å²) in [5, 5.41) is 20.4. The Balaban J connectivity index is 2.47. The number of nitrogens with zero attached hydrogens (tertiary/aromatic N) is 2. The van der Waals surface area contributed by atoms with Gasteiger partial charge >= 0.3 is 11.7 Å². The topological polar surface area (TPSA) is 92.9 Å². The van der Waals surface area contributed by atoms with Gasteiger partial charge in [0.05, 0.1) is 18.0 Å². The molecule has 7 nitrogen and oxygen atoms in total. The number of hydrogen-bond donors (Lipinski definition) is 1. The van der Waals surface area contributed by atoms with E-state index in [1.807, 2.05) is 6.92 Å². The lowest BCUT2D eigenvalue weighted by Crippen LogP contribution is -2.42. The Morgan fingerprint density at radius 1 is 1.50 bits per heavy atom. The van der Waals surface area contributed by atoms with Crippen LogP contribution in [0, 0.1) is 27.8 Å². The predicted octanol–water partition coefficient (Wildman–Crippen LogP) is 2.29. The first kappa shape index (κ1) is 16.0. The Labute approximate surface area is 126 Å². The predicted molar refractivity (Wildman–Crippen MR) is 76.7 cm³/mol. The van der Waals surface area contributed by atoms with E-state index in [2.05, 4.69) is 0 Å². The van der Waals surface area contributed by atoms with Crippen LogP contribution in [0.3, 0.4) is 0 Å². The van der Waals surface area contributed by atoms with Crippen LogP contribution in [-0.4, -0.2) is 36.2 Å². The van der Waals surface area contributed by atoms with Crippen LogP contribution >= 0.6 is 0 Å². The molecule has 1 aromatic rings. The summed E-state index contributed by atoms with van der Waals surface area (Å²) in [6, 6.07) is 2.32. The van der Waals surface area contributed by atoms with E-state index in [1.165, 1.54) is 13.2 Å². The Bertz CT molecular complexity index is 607. The van der Waals surface area contributed by atoms with Crippen LogP contribution in [0.2, 0.25) is 0 Å². The van der Waals surface area contributed by atoms with Gasteiger partial charge in [-0.25, -0.2) is 0 Å². The van der Waals surface area contributed by atoms with Crippen molar-refractivity contribution in [1.82, 2.24) is 0 Å². The standard InChI is InChI=1S/C14H17FN2O5/c1-8-3-9(14(18)19)7-16(6-8)12-5-10(22-2)4-11(15)13(12)17(20)21/h4-5,8-9H,3,6-7H2,1-2H3,(H,18,19). The first-order valence-corrected chi connectivity index (χ1v) is 6.83. The zero-order chi connectivity index (χ0) is 16.4. The fourth-order valence-electron chi connectivity index (χ4n) is 2.83. The number of piperidine rings is 1. The van der Waals surface area contributed by atoms with Crippen molar-refractivity contribution in [3.05, 3.63) is 28.1 Å². The lowest BCUT2D eigenvalue weighted by molar-refractivity contribution is -0.386. The van der Waals surface area contributed by atoms with Gasteiger partial charge in [-0.2, -0.15) is 4.39 Å². The number of aliphatic carboxylic acids is 1. The number of ether oxygens (including phenoxy) is 1. The molecular weight excluding hydrogens is 295 g/mol. The lowest BCUT2D eigenvalue weighted by Gasteiger charge is -2.36. The van der Waals surface area contributed by atoms with Crippen LogP contribution in [0.15, 0.2) is 12.1 Å². The molecule has 22 heavy (non-hydrogen) atoms. The fraction of sp³-hybridized carbons (Fsp3) is 0.500. The molecular formula is C14H17FN2O5. The van der Waals surface area contributed by atoms with Gasteiger partial charge in [-0.1, -0.05) is 6.92 Å². The number of hydrogen-bond acceptors (Lipinski definition) is 5. The number of methoxy groups -OCH3 is 1. The fourth-order valence-corrected chi connectivity index (χ4v) is 2.83. The Kier molecular flexibility index (Phi) is 4.48. The Hall–Kier alpha value is -2.38. The summed E-state index contributed by atoms with van der Waals surface area (Å²) in [4.78, 5) is 23.1. The largest absolute Gasteiger partial charge is 0.497 e. The molecule has 1 fully saturated rings. The molecule has 0 saturated carbocycles. The van der Waals surface area contributed by atoms with Gasteiger partial charge in [-0.05, 0) is 12.3 Å². The maximum atomic E-state index is 14.0. The van der Waals surface area contributed by atoms with Gasteiger partial charge in [0.1, 0.15) is 11.4 Å². The third kappa shape index (κ3) is 3.10. The van der Waals surface area contributed by atoms with Crippen molar-refractivity contribution in [3.8, 4) is 5.75 Å². The molecule has 0 bridgehead atoms. The molecule has 0 aliphatic carbocycles. The molecule has 2 atom stereocenters. The van der Waals surface area contributed by atoms with Crippen molar-refractivity contribution in [2.24, 2.45) is 11.8 Å². The van der Waals surface area contributed by atoms with Crippen LogP contribution in [0.4, 0.5) is 15.8 Å². The van der Waals surface area contributed by atoms with Crippen molar-refractivity contribution in [3.63, 3.8) is 0 Å². The number of rotatable bonds is 4. The van der Waals surface area contributed by atoms with E-state index in [4.69, 9.17) is 4.74 Å². The van der Waals surface area contributed by atoms with E-state index in [9.17, 15) is 24.4 Å². The van der Waals surface area contributed by atoms with Crippen LogP contribution in [-0.2, 0) is 4.79 Å². The number of nitro groups is 1. The van der Waals surface area contributed by atoms with Crippen molar-refractivity contribution >= 4 is 17.3 Å². The van der Waals surface area contributed by atoms with Gasteiger partial charge in [0, 0.05) is 25.2 Å². The van der Waals surface area contributed by atoms with E-state index in [0.717, 1.165) is 6.07 Å². The molecule has 120 valence electrons. The third-order valence-corrected chi connectivity index (χ3v) is 3.78. The molecule has 0 radical (unpaired) electrons. The van der Waals surface area contributed by atoms with Crippen molar-refractivity contribution in [1.29, 1.82) is 0 Å². The summed E-state index contributed by atoms with van der Waals surface area (Å²) in [6.45, 7) is 2.40. The molecule has 1 aromatic carbocycles. The van der Waals surface area contributed by atoms with Crippen molar-refractivity contribution in [2.75, 3.05) is 25.1 Å². The van der Waals surface area contributed by atoms with E-state index in [-0.39, 0.29) is 23.9 Å². The minimum atomic E-state index is -0.996. The van der Waals surface area contributed by atoms with E-state index < -0.39 is 28.3 Å². The lowest BCUT2D eigenvalue weighted by atomic mass is 9.90. The van der Waals surface area contributed by atoms with Crippen LogP contribution in [0.1, 0.15) is 13.3 Å². The minimum absolute atomic E-state index is 0.0312. The molecule has 0 aromatic heterocycles. The van der Waals surface area contributed by atoms with Gasteiger partial charge in [0.15, 0.2) is 0 Å². The SMILES string of the molecule is COc1cc(F)c([N+](=O)[O-])c(N2CC(C)CC(C(=O)O)C2)c1. The first-order valence-electron chi connectivity index (χ1n) is 6.83. The number of benzene rings is 1. The smallest absolute Gasteiger partial charge is 0.328 e. The molecule has 1 aliphatic rings. The molecule has 1 saturated heterocycles. The van der Waals surface area contributed by atoms with Gasteiger partial charge in [-0.15, -0.1) is 0 Å². The highest BCUT2D eigenvalue weighted by molar-refractivity contribution is 5.73. The molecule has 8 heteroatoms. The maximum Gasteiger partial charge on any atom is 0.328 e. The van der Waals surface area contributed by atoms with Crippen LogP contribution < -0.4 is 9.64 Å². The number of halogens is 1. The van der Waals surface area contributed by atoms with E-state index in [1.54, 1.807) is 4.90 Å². The monoisotopic (exact) mass is 312 g/mol. The summed E-state index contributed by atoms with van der Waals surface area (Å²) < 4.78 is 18.9. The number of carbonyl (C=O) groups is 1. The number of carboxylic acids is 1. The van der Waals surface area contributed by atoms with Crippen LogP contribution in [0.5, 0.6) is 5.75 Å². The summed E-state index contributed by atoms with van der Waals surface area (Å²) in [5.74, 6) is -2.41. The molecule has 0 spiro atoms. The van der Waals surface area contributed by atoms with Crippen molar-refractivity contribution in [2.45, 2.75) is 13.3 Å². The van der Waals surface area contributed by atoms with Gasteiger partial charge in [-0.3, -0.25) is 14.9 Å². The van der Waals surface area contributed by atoms with E-state index >= 15 is 0 Å². The summed E-state index contributed by atoms with van der Waals surface area (Å²) in [6.07, 6.45) is 0.492. The molecule has 2 rings (SSSR count). The Morgan fingerprint density at radius 2 is 2.18 bits per heavy atom. The Morgan fingerprint density at radius 3 is 2.73 bits per heavy atom. The molecule has 2 unspecified atom stereocenters. The number of anilines is 1. The van der Waals surface area contributed by atoms with Gasteiger partial charge in [0.2, 0.25) is 5.82 Å². The molecule has 1 heterocycles. The second kappa shape index (κ2) is 6.17. The zero-order valence-corrected chi connectivity index (χ0v) is 12.3. The van der Waals surface area contributed by atoms with Gasteiger partial charge in [0.25, 0.3) is 0 Å². The minimum Gasteiger partial charge on any atom is -0.497 e. The quantitative estimate of drug-likeness (QED) is 0.677. The highest BCUT2D eigenvalue weighted by Crippen LogP contribution is 2.38. The second-order valence-corrected chi connectivity index (χ2v) is 5.52. The highest BCUT2D eigenvalue weighted by atomic mass is 19.1. The number of nitro benzene ring substituents is 1. The zero-order valence-electron chi connectivity index (χ0n) is 12.3. The first-order chi connectivity index (χ1) is 10.3. The second-order valence-electron chi connectivity index (χ2n) is 5.52. The normalized spacial score (nSPS) is 21.5. The average Bonchev–Trinajstić information content (AvgIpc) is 2.45. The molecule has 0 amide bonds. The average molecular weight is 312 g/mol. The summed E-state index contributed by atoms with van der Waals surface area (Å²) in [7, 11) is 1.34. The third-order valence-electron chi connectivity index (χ3n) is 3.78. The highest BCUT2D eigenvalue weighted by Gasteiger charge is 2.34. The van der Waals surface area contributed by atoms with Crippen molar-refractivity contribution < 1.29 is 24.0 Å². The molecule has 1 N–H and O–H groups in total. The summed E-state index contributed by atoms with van der Waals surface area (Å²) in [5.41, 5.74) is -0.598.